The molecule has 1 heterocycles. The molecule has 6 heteroatoms. The lowest BCUT2D eigenvalue weighted by molar-refractivity contribution is 0.326. The predicted molar refractivity (Wildman–Crippen MR) is 114 cm³/mol. The highest BCUT2D eigenvalue weighted by molar-refractivity contribution is 14.0. The Morgan fingerprint density at radius 3 is 2.80 bits per heavy atom. The second kappa shape index (κ2) is 12.5. The van der Waals surface area contributed by atoms with Crippen molar-refractivity contribution in [3.05, 3.63) is 35.6 Å². The van der Waals surface area contributed by atoms with E-state index in [0.717, 1.165) is 31.2 Å². The van der Waals surface area contributed by atoms with E-state index in [1.54, 1.807) is 6.07 Å². The number of hydrogen-bond acceptors (Lipinski definition) is 2. The van der Waals surface area contributed by atoms with Gasteiger partial charge in [-0.3, -0.25) is 4.99 Å². The fourth-order valence-electron chi connectivity index (χ4n) is 3.16. The summed E-state index contributed by atoms with van der Waals surface area (Å²) >= 11 is 0. The monoisotopic (exact) mass is 462 g/mol. The molecular formula is C19H32FIN4. The molecule has 25 heavy (non-hydrogen) atoms. The van der Waals surface area contributed by atoms with Crippen LogP contribution in [0.4, 0.5) is 4.39 Å². The maximum Gasteiger partial charge on any atom is 0.191 e. The van der Waals surface area contributed by atoms with Gasteiger partial charge in [-0.1, -0.05) is 25.1 Å². The Labute approximate surface area is 168 Å². The number of aliphatic imine (C=N–C) groups is 1. The number of nitrogens with zero attached hydrogens (tertiary/aromatic N) is 2. The van der Waals surface area contributed by atoms with Crippen LogP contribution < -0.4 is 10.6 Å². The number of rotatable bonds is 8. The number of benzene rings is 1. The van der Waals surface area contributed by atoms with Crippen LogP contribution >= 0.6 is 24.0 Å². The molecule has 1 aliphatic rings. The van der Waals surface area contributed by atoms with Gasteiger partial charge in [-0.2, -0.15) is 0 Å². The summed E-state index contributed by atoms with van der Waals surface area (Å²) in [6.07, 6.45) is 3.11. The zero-order valence-corrected chi connectivity index (χ0v) is 17.8. The summed E-state index contributed by atoms with van der Waals surface area (Å²) in [5.41, 5.74) is 0.742. The molecule has 0 radical (unpaired) electrons. The van der Waals surface area contributed by atoms with Gasteiger partial charge in [0.15, 0.2) is 5.96 Å². The van der Waals surface area contributed by atoms with Gasteiger partial charge >= 0.3 is 0 Å². The van der Waals surface area contributed by atoms with Crippen molar-refractivity contribution in [1.82, 2.24) is 15.5 Å². The van der Waals surface area contributed by atoms with Crippen molar-refractivity contribution < 1.29 is 4.39 Å². The number of likely N-dealkylation sites (tertiary alicyclic amines) is 1. The molecule has 1 atom stereocenters. The maximum absolute atomic E-state index is 13.6. The first kappa shape index (κ1) is 22.2. The molecule has 1 fully saturated rings. The van der Waals surface area contributed by atoms with Crippen LogP contribution in [0, 0.1) is 11.7 Å². The number of guanidine groups is 1. The normalized spacial score (nSPS) is 18.0. The lowest BCUT2D eigenvalue weighted by Gasteiger charge is -2.15. The quantitative estimate of drug-likeness (QED) is 0.354. The average molecular weight is 462 g/mol. The topological polar surface area (TPSA) is 39.7 Å². The van der Waals surface area contributed by atoms with Crippen LogP contribution in [0.1, 0.15) is 32.3 Å². The van der Waals surface area contributed by atoms with Crippen LogP contribution in [-0.2, 0) is 6.42 Å². The first-order valence-corrected chi connectivity index (χ1v) is 9.20. The van der Waals surface area contributed by atoms with Crippen LogP contribution in [0.3, 0.4) is 0 Å². The van der Waals surface area contributed by atoms with E-state index in [2.05, 4.69) is 29.4 Å². The SMILES string of the molecule is CCCN1CCC(CN=C(NCC)NCCc2ccccc2F)C1.I. The molecule has 0 spiro atoms. The Bertz CT molecular complexity index is 524. The fraction of sp³-hybridized carbons (Fsp3) is 0.632. The molecule has 2 rings (SSSR count). The second-order valence-electron chi connectivity index (χ2n) is 6.44. The van der Waals surface area contributed by atoms with Crippen LogP contribution in [-0.4, -0.2) is 50.1 Å². The summed E-state index contributed by atoms with van der Waals surface area (Å²) < 4.78 is 13.6. The third-order valence-corrected chi connectivity index (χ3v) is 4.41. The highest BCUT2D eigenvalue weighted by Gasteiger charge is 2.21. The summed E-state index contributed by atoms with van der Waals surface area (Å²) in [5.74, 6) is 1.35. The Kier molecular flexibility index (Phi) is 11.0. The van der Waals surface area contributed by atoms with Crippen LogP contribution in [0.5, 0.6) is 0 Å². The minimum absolute atomic E-state index is 0. The summed E-state index contributed by atoms with van der Waals surface area (Å²) in [4.78, 5) is 7.24. The molecule has 1 aromatic carbocycles. The lowest BCUT2D eigenvalue weighted by Crippen LogP contribution is -2.38. The van der Waals surface area contributed by atoms with E-state index in [9.17, 15) is 4.39 Å². The number of nitrogens with one attached hydrogen (secondary N) is 2. The van der Waals surface area contributed by atoms with Crippen LogP contribution in [0.25, 0.3) is 0 Å². The van der Waals surface area contributed by atoms with E-state index in [-0.39, 0.29) is 29.8 Å². The third kappa shape index (κ3) is 7.90. The Morgan fingerprint density at radius 1 is 1.28 bits per heavy atom. The molecule has 0 bridgehead atoms. The molecule has 142 valence electrons. The van der Waals surface area contributed by atoms with Crippen molar-refractivity contribution in [3.63, 3.8) is 0 Å². The standard InChI is InChI=1S/C19H31FN4.HI/c1-3-12-24-13-10-16(15-24)14-23-19(21-4-2)22-11-9-17-7-5-6-8-18(17)20;/h5-8,16H,3-4,9-15H2,1-2H3,(H2,21,22,23);1H. The Balaban J connectivity index is 0.00000312. The van der Waals surface area contributed by atoms with Gasteiger partial charge in [-0.15, -0.1) is 24.0 Å². The van der Waals surface area contributed by atoms with Crippen molar-refractivity contribution in [2.24, 2.45) is 10.9 Å². The summed E-state index contributed by atoms with van der Waals surface area (Å²) in [7, 11) is 0. The largest absolute Gasteiger partial charge is 0.357 e. The van der Waals surface area contributed by atoms with Gasteiger partial charge < -0.3 is 15.5 Å². The van der Waals surface area contributed by atoms with E-state index < -0.39 is 0 Å². The van der Waals surface area contributed by atoms with Gasteiger partial charge in [0.05, 0.1) is 0 Å². The molecule has 0 aliphatic carbocycles. The number of hydrogen-bond donors (Lipinski definition) is 2. The van der Waals surface area contributed by atoms with Gasteiger partial charge in [-0.05, 0) is 56.8 Å². The molecule has 0 saturated carbocycles. The van der Waals surface area contributed by atoms with Gasteiger partial charge in [-0.25, -0.2) is 4.39 Å². The van der Waals surface area contributed by atoms with Crippen molar-refractivity contribution in [1.29, 1.82) is 0 Å². The van der Waals surface area contributed by atoms with Crippen molar-refractivity contribution in [2.45, 2.75) is 33.1 Å². The molecule has 1 aromatic rings. The lowest BCUT2D eigenvalue weighted by atomic mass is 10.1. The Morgan fingerprint density at radius 2 is 2.08 bits per heavy atom. The van der Waals surface area contributed by atoms with Crippen molar-refractivity contribution in [2.75, 3.05) is 39.3 Å². The van der Waals surface area contributed by atoms with E-state index >= 15 is 0 Å². The van der Waals surface area contributed by atoms with Crippen molar-refractivity contribution in [3.8, 4) is 0 Å². The van der Waals surface area contributed by atoms with E-state index in [0.29, 0.717) is 18.9 Å². The van der Waals surface area contributed by atoms with Gasteiger partial charge in [0.1, 0.15) is 5.82 Å². The fourth-order valence-corrected chi connectivity index (χ4v) is 3.16. The molecule has 0 aromatic heterocycles. The second-order valence-corrected chi connectivity index (χ2v) is 6.44. The average Bonchev–Trinajstić information content (AvgIpc) is 3.02. The zero-order chi connectivity index (χ0) is 17.2. The molecule has 0 amide bonds. The molecular weight excluding hydrogens is 430 g/mol. The minimum Gasteiger partial charge on any atom is -0.357 e. The zero-order valence-electron chi connectivity index (χ0n) is 15.4. The minimum atomic E-state index is -0.136. The molecule has 4 nitrogen and oxygen atoms in total. The van der Waals surface area contributed by atoms with Gasteiger partial charge in [0.2, 0.25) is 0 Å². The van der Waals surface area contributed by atoms with E-state index in [4.69, 9.17) is 4.99 Å². The molecule has 2 N–H and O–H groups in total. The van der Waals surface area contributed by atoms with E-state index in [1.165, 1.54) is 32.0 Å². The first-order chi connectivity index (χ1) is 11.7. The highest BCUT2D eigenvalue weighted by Crippen LogP contribution is 2.16. The summed E-state index contributed by atoms with van der Waals surface area (Å²) in [5, 5.41) is 6.59. The van der Waals surface area contributed by atoms with Crippen molar-refractivity contribution >= 4 is 29.9 Å². The smallest absolute Gasteiger partial charge is 0.191 e. The maximum atomic E-state index is 13.6. The highest BCUT2D eigenvalue weighted by atomic mass is 127. The predicted octanol–water partition coefficient (Wildman–Crippen LogP) is 3.27. The number of halogens is 2. The first-order valence-electron chi connectivity index (χ1n) is 9.20. The third-order valence-electron chi connectivity index (χ3n) is 4.41. The van der Waals surface area contributed by atoms with Gasteiger partial charge in [0, 0.05) is 26.2 Å². The molecule has 1 saturated heterocycles. The summed E-state index contributed by atoms with van der Waals surface area (Å²) in [6, 6.07) is 6.94. The van der Waals surface area contributed by atoms with E-state index in [1.807, 2.05) is 12.1 Å². The van der Waals surface area contributed by atoms with Crippen LogP contribution in [0.15, 0.2) is 29.3 Å². The summed E-state index contributed by atoms with van der Waals surface area (Å²) in [6.45, 7) is 10.2. The molecule has 1 unspecified atom stereocenters. The molecule has 1 aliphatic heterocycles. The Hall–Kier alpha value is -0.890. The van der Waals surface area contributed by atoms with Crippen LogP contribution in [0.2, 0.25) is 0 Å². The van der Waals surface area contributed by atoms with Gasteiger partial charge in [0.25, 0.3) is 0 Å².